The summed E-state index contributed by atoms with van der Waals surface area (Å²) < 4.78 is 0. The summed E-state index contributed by atoms with van der Waals surface area (Å²) in [7, 11) is 0. The molecule has 5 nitrogen and oxygen atoms in total. The zero-order valence-electron chi connectivity index (χ0n) is 17.0. The van der Waals surface area contributed by atoms with E-state index in [1.54, 1.807) is 24.3 Å². The van der Waals surface area contributed by atoms with E-state index in [1.165, 1.54) is 4.90 Å². The van der Waals surface area contributed by atoms with E-state index in [2.05, 4.69) is 6.92 Å². The lowest BCUT2D eigenvalue weighted by Gasteiger charge is -2.34. The maximum atomic E-state index is 13.5. The fraction of sp³-hybridized carbons (Fsp3) is 0.333. The number of amides is 2. The van der Waals surface area contributed by atoms with Gasteiger partial charge in [0.05, 0.1) is 11.3 Å². The Kier molecular flexibility index (Phi) is 5.93. The van der Waals surface area contributed by atoms with E-state index in [0.717, 1.165) is 24.8 Å². The number of benzene rings is 2. The Morgan fingerprint density at radius 3 is 2.37 bits per heavy atom. The molecule has 2 aromatic carbocycles. The molecule has 0 bridgehead atoms. The molecule has 1 atom stereocenters. The number of imide groups is 1. The lowest BCUT2D eigenvalue weighted by atomic mass is 9.97. The fourth-order valence-electron chi connectivity index (χ4n) is 4.22. The van der Waals surface area contributed by atoms with Crippen LogP contribution in [0.3, 0.4) is 0 Å². The second-order valence-electron chi connectivity index (χ2n) is 7.83. The molecule has 2 amide bonds. The van der Waals surface area contributed by atoms with Gasteiger partial charge in [0.2, 0.25) is 0 Å². The van der Waals surface area contributed by atoms with Crippen molar-refractivity contribution in [2.45, 2.75) is 26.2 Å². The van der Waals surface area contributed by atoms with Gasteiger partial charge in [0, 0.05) is 24.7 Å². The topological polar surface area (TPSA) is 60.9 Å². The predicted octanol–water partition coefficient (Wildman–Crippen LogP) is 3.89. The van der Waals surface area contributed by atoms with Crippen LogP contribution in [0, 0.1) is 5.92 Å². The van der Waals surface area contributed by atoms with Crippen molar-refractivity contribution in [3.8, 4) is 0 Å². The van der Waals surface area contributed by atoms with Crippen molar-refractivity contribution in [3.05, 3.63) is 70.4 Å². The van der Waals surface area contributed by atoms with E-state index in [-0.39, 0.29) is 24.3 Å². The number of halogens is 1. The molecule has 0 aromatic heterocycles. The van der Waals surface area contributed by atoms with Gasteiger partial charge in [0.25, 0.3) is 11.8 Å². The van der Waals surface area contributed by atoms with Gasteiger partial charge < -0.3 is 10.0 Å². The SMILES string of the molecule is CCc1ccc(N2C(=O)C(c3ccc(Cl)cc3)=C(N3CCCC(CO)C3)C2=O)cc1. The smallest absolute Gasteiger partial charge is 0.282 e. The van der Waals surface area contributed by atoms with Gasteiger partial charge in [-0.2, -0.15) is 0 Å². The summed E-state index contributed by atoms with van der Waals surface area (Å²) in [5, 5.41) is 10.2. The van der Waals surface area contributed by atoms with E-state index in [0.29, 0.717) is 40.6 Å². The van der Waals surface area contributed by atoms with Gasteiger partial charge in [-0.1, -0.05) is 42.8 Å². The molecule has 1 N–H and O–H groups in total. The Balaban J connectivity index is 1.78. The van der Waals surface area contributed by atoms with Crippen molar-refractivity contribution in [1.82, 2.24) is 4.90 Å². The monoisotopic (exact) mass is 424 g/mol. The first-order valence-electron chi connectivity index (χ1n) is 10.4. The Hall–Kier alpha value is -2.63. The summed E-state index contributed by atoms with van der Waals surface area (Å²) in [5.74, 6) is -0.543. The Labute approximate surface area is 181 Å². The first-order valence-corrected chi connectivity index (χ1v) is 10.7. The number of piperidine rings is 1. The summed E-state index contributed by atoms with van der Waals surface area (Å²) >= 11 is 6.04. The summed E-state index contributed by atoms with van der Waals surface area (Å²) in [6, 6.07) is 14.5. The number of carbonyl (C=O) groups is 2. The van der Waals surface area contributed by atoms with Crippen LogP contribution in [0.25, 0.3) is 5.57 Å². The van der Waals surface area contributed by atoms with Crippen molar-refractivity contribution in [2.24, 2.45) is 5.92 Å². The number of aliphatic hydroxyl groups excluding tert-OH is 1. The number of aliphatic hydroxyl groups is 1. The van der Waals surface area contributed by atoms with Crippen LogP contribution in [-0.2, 0) is 16.0 Å². The third-order valence-corrected chi connectivity index (χ3v) is 6.14. The van der Waals surface area contributed by atoms with Gasteiger partial charge in [-0.05, 0) is 60.6 Å². The van der Waals surface area contributed by atoms with E-state index in [9.17, 15) is 14.7 Å². The molecule has 2 aliphatic rings. The van der Waals surface area contributed by atoms with Gasteiger partial charge in [0.1, 0.15) is 5.70 Å². The lowest BCUT2D eigenvalue weighted by molar-refractivity contribution is -0.120. The van der Waals surface area contributed by atoms with E-state index in [1.807, 2.05) is 29.2 Å². The number of hydrogen-bond acceptors (Lipinski definition) is 4. The second kappa shape index (κ2) is 8.62. The van der Waals surface area contributed by atoms with Crippen molar-refractivity contribution in [2.75, 3.05) is 24.6 Å². The average molecular weight is 425 g/mol. The van der Waals surface area contributed by atoms with Crippen molar-refractivity contribution < 1.29 is 14.7 Å². The molecule has 2 aliphatic heterocycles. The molecule has 2 heterocycles. The molecule has 4 rings (SSSR count). The highest BCUT2D eigenvalue weighted by Gasteiger charge is 2.43. The number of hydrogen-bond donors (Lipinski definition) is 1. The molecule has 1 saturated heterocycles. The summed E-state index contributed by atoms with van der Waals surface area (Å²) in [6.07, 6.45) is 2.67. The molecule has 0 spiro atoms. The average Bonchev–Trinajstić information content (AvgIpc) is 3.04. The third kappa shape index (κ3) is 3.75. The molecular weight excluding hydrogens is 400 g/mol. The quantitative estimate of drug-likeness (QED) is 0.740. The van der Waals surface area contributed by atoms with Crippen LogP contribution in [0.5, 0.6) is 0 Å². The summed E-state index contributed by atoms with van der Waals surface area (Å²) in [4.78, 5) is 30.3. The number of likely N-dealkylation sites (tertiary alicyclic amines) is 1. The molecular formula is C24H25ClN2O3. The first kappa shape index (κ1) is 20.6. The highest BCUT2D eigenvalue weighted by atomic mass is 35.5. The van der Waals surface area contributed by atoms with E-state index in [4.69, 9.17) is 11.6 Å². The minimum Gasteiger partial charge on any atom is -0.396 e. The van der Waals surface area contributed by atoms with Crippen molar-refractivity contribution >= 4 is 34.7 Å². The van der Waals surface area contributed by atoms with Gasteiger partial charge in [-0.3, -0.25) is 9.59 Å². The number of rotatable bonds is 5. The molecule has 1 fully saturated rings. The molecule has 30 heavy (non-hydrogen) atoms. The van der Waals surface area contributed by atoms with Crippen LogP contribution < -0.4 is 4.90 Å². The zero-order valence-corrected chi connectivity index (χ0v) is 17.7. The Bertz CT molecular complexity index is 983. The minimum atomic E-state index is -0.326. The molecule has 156 valence electrons. The maximum Gasteiger partial charge on any atom is 0.282 e. The zero-order chi connectivity index (χ0) is 21.3. The molecule has 6 heteroatoms. The van der Waals surface area contributed by atoms with Crippen LogP contribution >= 0.6 is 11.6 Å². The van der Waals surface area contributed by atoms with E-state index < -0.39 is 0 Å². The van der Waals surface area contributed by atoms with E-state index >= 15 is 0 Å². The molecule has 0 aliphatic carbocycles. The normalized spacial score (nSPS) is 19.8. The number of anilines is 1. The highest BCUT2D eigenvalue weighted by Crippen LogP contribution is 2.36. The van der Waals surface area contributed by atoms with Gasteiger partial charge in [-0.15, -0.1) is 0 Å². The molecule has 0 radical (unpaired) electrons. The van der Waals surface area contributed by atoms with Crippen LogP contribution in [0.4, 0.5) is 5.69 Å². The van der Waals surface area contributed by atoms with Crippen molar-refractivity contribution in [1.29, 1.82) is 0 Å². The van der Waals surface area contributed by atoms with Crippen LogP contribution in [-0.4, -0.2) is 41.5 Å². The maximum absolute atomic E-state index is 13.5. The Morgan fingerprint density at radius 1 is 1.03 bits per heavy atom. The fourth-order valence-corrected chi connectivity index (χ4v) is 4.35. The minimum absolute atomic E-state index is 0.0738. The van der Waals surface area contributed by atoms with Crippen LogP contribution in [0.1, 0.15) is 30.9 Å². The number of aryl methyl sites for hydroxylation is 1. The number of nitrogens with zero attached hydrogens (tertiary/aromatic N) is 2. The third-order valence-electron chi connectivity index (χ3n) is 5.89. The molecule has 2 aromatic rings. The second-order valence-corrected chi connectivity index (χ2v) is 8.27. The molecule has 1 unspecified atom stereocenters. The largest absolute Gasteiger partial charge is 0.396 e. The van der Waals surface area contributed by atoms with Gasteiger partial charge in [0.15, 0.2) is 0 Å². The van der Waals surface area contributed by atoms with Crippen LogP contribution in [0.15, 0.2) is 54.2 Å². The standard InChI is InChI=1S/C24H25ClN2O3/c1-2-16-5-11-20(12-6-16)27-23(29)21(18-7-9-19(25)10-8-18)22(24(27)30)26-13-3-4-17(14-26)15-28/h5-12,17,28H,2-4,13-15H2,1H3. The lowest BCUT2D eigenvalue weighted by Crippen LogP contribution is -2.40. The predicted molar refractivity (Wildman–Crippen MR) is 118 cm³/mol. The first-order chi connectivity index (χ1) is 14.5. The number of carbonyl (C=O) groups excluding carboxylic acids is 2. The highest BCUT2D eigenvalue weighted by molar-refractivity contribution is 6.45. The van der Waals surface area contributed by atoms with Gasteiger partial charge >= 0.3 is 0 Å². The summed E-state index contributed by atoms with van der Waals surface area (Å²) in [5.41, 5.74) is 3.20. The van der Waals surface area contributed by atoms with Crippen LogP contribution in [0.2, 0.25) is 5.02 Å². The van der Waals surface area contributed by atoms with Gasteiger partial charge in [-0.25, -0.2) is 4.90 Å². The Morgan fingerprint density at radius 2 is 1.73 bits per heavy atom. The van der Waals surface area contributed by atoms with Crippen molar-refractivity contribution in [3.63, 3.8) is 0 Å². The molecule has 0 saturated carbocycles. The summed E-state index contributed by atoms with van der Waals surface area (Å²) in [6.45, 7) is 3.38.